The third kappa shape index (κ3) is 4.34. The normalized spacial score (nSPS) is 22.1. The summed E-state index contributed by atoms with van der Waals surface area (Å²) >= 11 is 6.57. The Morgan fingerprint density at radius 3 is 2.50 bits per heavy atom. The number of Topliss-reactive ketones (excluding diaryl/α,β-unsaturated/α-hetero) is 1. The number of hydrogen-bond donors (Lipinski definition) is 0. The Morgan fingerprint density at radius 1 is 1.09 bits per heavy atom. The maximum Gasteiger partial charge on any atom is 0.315 e. The van der Waals surface area contributed by atoms with Crippen molar-refractivity contribution in [2.45, 2.75) is 38.5 Å². The highest BCUT2D eigenvalue weighted by atomic mass is 35.5. The fraction of sp³-hybridized carbons (Fsp3) is 0.370. The topological polar surface area (TPSA) is 74.2 Å². The van der Waals surface area contributed by atoms with Crippen LogP contribution in [0.3, 0.4) is 0 Å². The van der Waals surface area contributed by atoms with Gasteiger partial charge >= 0.3 is 5.97 Å². The number of hydrogen-bond acceptors (Lipinski definition) is 6. The van der Waals surface area contributed by atoms with Crippen LogP contribution in [-0.4, -0.2) is 38.3 Å². The number of carbonyl (C=O) groups excluding carboxylic acids is 2. The van der Waals surface area contributed by atoms with Crippen LogP contribution in [0.25, 0.3) is 0 Å². The van der Waals surface area contributed by atoms with Gasteiger partial charge in [-0.25, -0.2) is 0 Å². The van der Waals surface area contributed by atoms with Gasteiger partial charge in [0.1, 0.15) is 5.92 Å². The lowest BCUT2D eigenvalue weighted by Crippen LogP contribution is -2.38. The Bertz CT molecular complexity index is 1190. The summed E-state index contributed by atoms with van der Waals surface area (Å²) in [4.78, 5) is 31.4. The molecule has 2 aliphatic rings. The van der Waals surface area contributed by atoms with Crippen LogP contribution in [0.1, 0.15) is 49.7 Å². The van der Waals surface area contributed by atoms with Crippen LogP contribution in [0.15, 0.2) is 58.7 Å². The number of halogens is 1. The number of ketones is 1. The molecular formula is C27H28ClNO5. The summed E-state index contributed by atoms with van der Waals surface area (Å²) in [5.41, 5.74) is 3.62. The minimum Gasteiger partial charge on any atom is -0.493 e. The van der Waals surface area contributed by atoms with Gasteiger partial charge in [0.05, 0.1) is 20.8 Å². The van der Waals surface area contributed by atoms with Gasteiger partial charge in [-0.15, -0.1) is 0 Å². The molecule has 0 saturated heterocycles. The van der Waals surface area contributed by atoms with Crippen LogP contribution >= 0.6 is 11.6 Å². The van der Waals surface area contributed by atoms with Crippen LogP contribution in [0, 0.1) is 5.92 Å². The number of rotatable bonds is 6. The Labute approximate surface area is 204 Å². The van der Waals surface area contributed by atoms with Gasteiger partial charge in [-0.2, -0.15) is 0 Å². The number of esters is 1. The second-order valence-corrected chi connectivity index (χ2v) is 8.89. The molecule has 6 nitrogen and oxygen atoms in total. The molecule has 0 aromatic heterocycles. The lowest BCUT2D eigenvalue weighted by atomic mass is 9.69. The number of carbonyl (C=O) groups is 2. The maximum atomic E-state index is 13.6. The fourth-order valence-electron chi connectivity index (χ4n) is 5.00. The monoisotopic (exact) mass is 481 g/mol. The molecule has 34 heavy (non-hydrogen) atoms. The van der Waals surface area contributed by atoms with Crippen LogP contribution < -0.4 is 9.47 Å². The van der Waals surface area contributed by atoms with Crippen molar-refractivity contribution >= 4 is 29.1 Å². The summed E-state index contributed by atoms with van der Waals surface area (Å²) in [5, 5.41) is 0.512. The molecule has 0 bridgehead atoms. The van der Waals surface area contributed by atoms with E-state index in [1.54, 1.807) is 27.2 Å². The number of ether oxygens (including phenoxy) is 3. The maximum absolute atomic E-state index is 13.6. The molecule has 7 heteroatoms. The van der Waals surface area contributed by atoms with Gasteiger partial charge in [0.25, 0.3) is 0 Å². The highest BCUT2D eigenvalue weighted by Gasteiger charge is 2.45. The standard InChI is InChI=1S/C27H28ClNO5/c1-5-34-27(31)24-15(2)29-20-12-17(16-10-11-22(32-3)23(14-16)33-4)13-21(30)26(20)25(24)18-8-6-7-9-19(18)28/h6-11,14,17,24-25H,5,12-13H2,1-4H3. The van der Waals surface area contributed by atoms with Crippen LogP contribution in [0.2, 0.25) is 5.02 Å². The predicted molar refractivity (Wildman–Crippen MR) is 131 cm³/mol. The molecule has 1 aliphatic carbocycles. The Kier molecular flexibility index (Phi) is 7.08. The molecule has 2 aromatic carbocycles. The number of allylic oxidation sites excluding steroid dienone is 2. The minimum atomic E-state index is -0.694. The van der Waals surface area contributed by atoms with Gasteiger partial charge in [-0.1, -0.05) is 35.9 Å². The van der Waals surface area contributed by atoms with Gasteiger partial charge in [-0.05, 0) is 55.5 Å². The van der Waals surface area contributed by atoms with E-state index in [1.807, 2.05) is 43.3 Å². The lowest BCUT2D eigenvalue weighted by molar-refractivity contribution is -0.146. The van der Waals surface area contributed by atoms with Crippen LogP contribution in [0.5, 0.6) is 11.5 Å². The molecule has 2 aromatic rings. The van der Waals surface area contributed by atoms with E-state index in [1.165, 1.54) is 0 Å². The quantitative estimate of drug-likeness (QED) is 0.509. The van der Waals surface area contributed by atoms with E-state index in [4.69, 9.17) is 30.8 Å². The van der Waals surface area contributed by atoms with E-state index in [2.05, 4.69) is 0 Å². The van der Waals surface area contributed by atoms with E-state index < -0.39 is 17.8 Å². The van der Waals surface area contributed by atoms with Crippen LogP contribution in [0.4, 0.5) is 0 Å². The van der Waals surface area contributed by atoms with Crippen molar-refractivity contribution in [1.82, 2.24) is 0 Å². The fourth-order valence-corrected chi connectivity index (χ4v) is 5.26. The smallest absolute Gasteiger partial charge is 0.315 e. The molecule has 3 atom stereocenters. The van der Waals surface area contributed by atoms with E-state index in [-0.39, 0.29) is 18.3 Å². The van der Waals surface area contributed by atoms with Gasteiger partial charge < -0.3 is 14.2 Å². The first-order chi connectivity index (χ1) is 16.4. The van der Waals surface area contributed by atoms with Crippen molar-refractivity contribution in [2.24, 2.45) is 10.9 Å². The molecule has 1 aliphatic heterocycles. The zero-order chi connectivity index (χ0) is 24.4. The highest BCUT2D eigenvalue weighted by molar-refractivity contribution is 6.31. The van der Waals surface area contributed by atoms with Crippen molar-refractivity contribution in [3.8, 4) is 11.5 Å². The molecule has 1 heterocycles. The number of aliphatic imine (C=N–C) groups is 1. The molecule has 4 rings (SSSR count). The summed E-state index contributed by atoms with van der Waals surface area (Å²) in [7, 11) is 3.18. The predicted octanol–water partition coefficient (Wildman–Crippen LogP) is 5.50. The van der Waals surface area contributed by atoms with Crippen molar-refractivity contribution in [1.29, 1.82) is 0 Å². The Morgan fingerprint density at radius 2 is 1.82 bits per heavy atom. The minimum absolute atomic E-state index is 0.0310. The third-order valence-corrected chi connectivity index (χ3v) is 6.89. The number of nitrogens with zero attached hydrogens (tertiary/aromatic N) is 1. The van der Waals surface area contributed by atoms with E-state index in [0.717, 1.165) is 11.1 Å². The lowest BCUT2D eigenvalue weighted by Gasteiger charge is -2.36. The number of methoxy groups -OCH3 is 2. The van der Waals surface area contributed by atoms with E-state index in [9.17, 15) is 9.59 Å². The largest absolute Gasteiger partial charge is 0.493 e. The molecule has 0 fully saturated rings. The average Bonchev–Trinajstić information content (AvgIpc) is 2.83. The van der Waals surface area contributed by atoms with Gasteiger partial charge in [0, 0.05) is 34.3 Å². The zero-order valence-electron chi connectivity index (χ0n) is 19.8. The molecule has 178 valence electrons. The second-order valence-electron chi connectivity index (χ2n) is 8.49. The highest BCUT2D eigenvalue weighted by Crippen LogP contribution is 2.48. The van der Waals surface area contributed by atoms with Crippen molar-refractivity contribution in [3.05, 3.63) is 69.9 Å². The summed E-state index contributed by atoms with van der Waals surface area (Å²) in [6.07, 6.45) is 0.879. The van der Waals surface area contributed by atoms with Crippen LogP contribution in [-0.2, 0) is 14.3 Å². The molecule has 0 radical (unpaired) electrons. The first kappa shape index (κ1) is 24.0. The first-order valence-electron chi connectivity index (χ1n) is 11.3. The summed E-state index contributed by atoms with van der Waals surface area (Å²) in [6, 6.07) is 13.1. The molecule has 0 saturated carbocycles. The molecular weight excluding hydrogens is 454 g/mol. The third-order valence-electron chi connectivity index (χ3n) is 6.55. The summed E-state index contributed by atoms with van der Waals surface area (Å²) in [6.45, 7) is 3.83. The van der Waals surface area contributed by atoms with Crippen molar-refractivity contribution in [2.75, 3.05) is 20.8 Å². The van der Waals surface area contributed by atoms with E-state index >= 15 is 0 Å². The SMILES string of the molecule is CCOC(=O)C1C(C)=NC2=C(C(=O)CC(c3ccc(OC)c(OC)c3)C2)C1c1ccccc1Cl. The van der Waals surface area contributed by atoms with E-state index in [0.29, 0.717) is 46.3 Å². The summed E-state index contributed by atoms with van der Waals surface area (Å²) < 4.78 is 16.2. The van der Waals surface area contributed by atoms with Crippen molar-refractivity contribution in [3.63, 3.8) is 0 Å². The molecule has 0 spiro atoms. The van der Waals surface area contributed by atoms with Crippen molar-refractivity contribution < 1.29 is 23.8 Å². The molecule has 0 amide bonds. The Balaban J connectivity index is 1.79. The van der Waals surface area contributed by atoms with Gasteiger partial charge in [0.2, 0.25) is 0 Å². The van der Waals surface area contributed by atoms with Gasteiger partial charge in [-0.3, -0.25) is 14.6 Å². The first-order valence-corrected chi connectivity index (χ1v) is 11.7. The second kappa shape index (κ2) is 10.0. The molecule has 3 unspecified atom stereocenters. The zero-order valence-corrected chi connectivity index (χ0v) is 20.5. The molecule has 0 N–H and O–H groups in total. The average molecular weight is 482 g/mol. The van der Waals surface area contributed by atoms with Gasteiger partial charge in [0.15, 0.2) is 17.3 Å². The number of benzene rings is 2. The Hall–Kier alpha value is -3.12. The summed E-state index contributed by atoms with van der Waals surface area (Å²) in [5.74, 6) is -0.456.